The van der Waals surface area contributed by atoms with Crippen LogP contribution in [0.15, 0.2) is 0 Å². The lowest BCUT2D eigenvalue weighted by atomic mass is 9.80. The number of halogens is 2. The van der Waals surface area contributed by atoms with Crippen molar-refractivity contribution < 1.29 is 0 Å². The van der Waals surface area contributed by atoms with E-state index < -0.39 is 0 Å². The number of nitrogens with zero attached hydrogens (tertiary/aromatic N) is 2. The Balaban J connectivity index is 2.26. The highest BCUT2D eigenvalue weighted by atomic mass is 35.5. The van der Waals surface area contributed by atoms with Crippen molar-refractivity contribution in [3.63, 3.8) is 0 Å². The van der Waals surface area contributed by atoms with Crippen molar-refractivity contribution in [1.82, 2.24) is 9.97 Å². The highest BCUT2D eigenvalue weighted by Crippen LogP contribution is 2.38. The molecule has 2 nitrogen and oxygen atoms in total. The van der Waals surface area contributed by atoms with Gasteiger partial charge in [0.15, 0.2) is 0 Å². The van der Waals surface area contributed by atoms with Crippen LogP contribution in [-0.2, 0) is 0 Å². The Bertz CT molecular complexity index is 423. The minimum atomic E-state index is 0.254. The lowest BCUT2D eigenvalue weighted by molar-refractivity contribution is 0.307. The molecule has 1 fully saturated rings. The maximum Gasteiger partial charge on any atom is 0.137 e. The predicted octanol–water partition coefficient (Wildman–Crippen LogP) is 5.59. The van der Waals surface area contributed by atoms with Crippen LogP contribution in [-0.4, -0.2) is 9.97 Å². The van der Waals surface area contributed by atoms with Gasteiger partial charge in [-0.1, -0.05) is 63.2 Å². The first-order valence-corrected chi connectivity index (χ1v) is 8.01. The summed E-state index contributed by atoms with van der Waals surface area (Å²) in [7, 11) is 0. The SMILES string of the molecule is CCC1CCCC(c2nc(Cl)c(C(C)C)c(Cl)n2)C1. The van der Waals surface area contributed by atoms with Gasteiger partial charge < -0.3 is 0 Å². The zero-order chi connectivity index (χ0) is 14.0. The van der Waals surface area contributed by atoms with E-state index in [1.54, 1.807) is 0 Å². The van der Waals surface area contributed by atoms with Crippen molar-refractivity contribution in [3.05, 3.63) is 21.7 Å². The van der Waals surface area contributed by atoms with Gasteiger partial charge >= 0.3 is 0 Å². The fraction of sp³-hybridized carbons (Fsp3) is 0.733. The van der Waals surface area contributed by atoms with Crippen LogP contribution >= 0.6 is 23.2 Å². The van der Waals surface area contributed by atoms with E-state index in [1.807, 2.05) is 0 Å². The Labute approximate surface area is 125 Å². The molecule has 0 aliphatic heterocycles. The van der Waals surface area contributed by atoms with Gasteiger partial charge in [0, 0.05) is 11.5 Å². The lowest BCUT2D eigenvalue weighted by Gasteiger charge is -2.27. The molecule has 0 radical (unpaired) electrons. The first-order valence-electron chi connectivity index (χ1n) is 7.25. The average Bonchev–Trinajstić information content (AvgIpc) is 2.37. The van der Waals surface area contributed by atoms with E-state index in [0.29, 0.717) is 16.2 Å². The third-order valence-electron chi connectivity index (χ3n) is 4.17. The van der Waals surface area contributed by atoms with Crippen LogP contribution in [0.3, 0.4) is 0 Å². The molecule has 2 unspecified atom stereocenters. The first kappa shape index (κ1) is 15.1. The van der Waals surface area contributed by atoms with Gasteiger partial charge in [0.1, 0.15) is 16.1 Å². The van der Waals surface area contributed by atoms with Crippen LogP contribution in [0.5, 0.6) is 0 Å². The summed E-state index contributed by atoms with van der Waals surface area (Å²) in [5.41, 5.74) is 0.870. The predicted molar refractivity (Wildman–Crippen MR) is 81.1 cm³/mol. The van der Waals surface area contributed by atoms with Gasteiger partial charge in [-0.25, -0.2) is 9.97 Å². The zero-order valence-corrected chi connectivity index (χ0v) is 13.4. The van der Waals surface area contributed by atoms with E-state index in [-0.39, 0.29) is 5.92 Å². The monoisotopic (exact) mass is 300 g/mol. The van der Waals surface area contributed by atoms with E-state index >= 15 is 0 Å². The largest absolute Gasteiger partial charge is 0.221 e. The fourth-order valence-corrected chi connectivity index (χ4v) is 3.82. The molecule has 2 rings (SSSR count). The number of aromatic nitrogens is 2. The molecular formula is C15H22Cl2N2. The van der Waals surface area contributed by atoms with Crippen molar-refractivity contribution in [2.45, 2.75) is 64.7 Å². The minimum Gasteiger partial charge on any atom is -0.221 e. The summed E-state index contributed by atoms with van der Waals surface area (Å²) >= 11 is 12.6. The summed E-state index contributed by atoms with van der Waals surface area (Å²) in [4.78, 5) is 9.04. The normalized spacial score (nSPS) is 23.9. The smallest absolute Gasteiger partial charge is 0.137 e. The molecular weight excluding hydrogens is 279 g/mol. The van der Waals surface area contributed by atoms with E-state index in [9.17, 15) is 0 Å². The molecule has 2 atom stereocenters. The van der Waals surface area contributed by atoms with Crippen molar-refractivity contribution in [2.24, 2.45) is 5.92 Å². The van der Waals surface area contributed by atoms with Gasteiger partial charge in [-0.2, -0.15) is 0 Å². The summed E-state index contributed by atoms with van der Waals surface area (Å²) in [6.45, 7) is 6.38. The van der Waals surface area contributed by atoms with Crippen molar-refractivity contribution in [1.29, 1.82) is 0 Å². The maximum atomic E-state index is 6.28. The summed E-state index contributed by atoms with van der Waals surface area (Å²) in [6.07, 6.45) is 6.16. The molecule has 1 aliphatic carbocycles. The summed E-state index contributed by atoms with van der Waals surface area (Å²) in [5.74, 6) is 2.32. The Morgan fingerprint density at radius 1 is 1.16 bits per heavy atom. The first-order chi connectivity index (χ1) is 9.02. The Morgan fingerprint density at radius 3 is 2.32 bits per heavy atom. The number of rotatable bonds is 3. The molecule has 0 saturated heterocycles. The molecule has 0 spiro atoms. The van der Waals surface area contributed by atoms with Crippen LogP contribution < -0.4 is 0 Å². The Morgan fingerprint density at radius 2 is 1.79 bits per heavy atom. The summed E-state index contributed by atoms with van der Waals surface area (Å²) in [6, 6.07) is 0. The van der Waals surface area contributed by atoms with Gasteiger partial charge in [0.25, 0.3) is 0 Å². The molecule has 1 aromatic heterocycles. The third kappa shape index (κ3) is 3.41. The van der Waals surface area contributed by atoms with Crippen LogP contribution in [0.1, 0.15) is 76.1 Å². The quantitative estimate of drug-likeness (QED) is 0.680. The van der Waals surface area contributed by atoms with Gasteiger partial charge in [-0.05, 0) is 24.7 Å². The van der Waals surface area contributed by atoms with Crippen molar-refractivity contribution in [3.8, 4) is 0 Å². The Kier molecular flexibility index (Phi) is 5.08. The van der Waals surface area contributed by atoms with E-state index in [1.165, 1.54) is 25.7 Å². The second kappa shape index (κ2) is 6.41. The van der Waals surface area contributed by atoms with Crippen LogP contribution in [0.4, 0.5) is 0 Å². The van der Waals surface area contributed by atoms with Gasteiger partial charge in [0.2, 0.25) is 0 Å². The fourth-order valence-electron chi connectivity index (χ4n) is 2.99. The second-order valence-corrected chi connectivity index (χ2v) is 6.59. The van der Waals surface area contributed by atoms with E-state index in [2.05, 4.69) is 30.7 Å². The second-order valence-electron chi connectivity index (χ2n) is 5.87. The van der Waals surface area contributed by atoms with Crippen molar-refractivity contribution >= 4 is 23.2 Å². The third-order valence-corrected chi connectivity index (χ3v) is 4.75. The highest BCUT2D eigenvalue weighted by molar-refractivity contribution is 6.34. The summed E-state index contributed by atoms with van der Waals surface area (Å²) < 4.78 is 0. The number of hydrogen-bond donors (Lipinski definition) is 0. The van der Waals surface area contributed by atoms with Crippen molar-refractivity contribution in [2.75, 3.05) is 0 Å². The van der Waals surface area contributed by atoms with Gasteiger partial charge in [-0.15, -0.1) is 0 Å². The van der Waals surface area contributed by atoms with E-state index in [4.69, 9.17) is 23.2 Å². The number of hydrogen-bond acceptors (Lipinski definition) is 2. The molecule has 1 aliphatic rings. The van der Waals surface area contributed by atoms with Crippen LogP contribution in [0.2, 0.25) is 10.3 Å². The molecule has 1 heterocycles. The Hall–Kier alpha value is -0.340. The molecule has 0 N–H and O–H groups in total. The molecule has 0 bridgehead atoms. The maximum absolute atomic E-state index is 6.28. The molecule has 0 amide bonds. The standard InChI is InChI=1S/C15H22Cl2N2/c1-4-10-6-5-7-11(8-10)15-18-13(16)12(9(2)3)14(17)19-15/h9-11H,4-8H2,1-3H3. The van der Waals surface area contributed by atoms with Gasteiger partial charge in [-0.3, -0.25) is 0 Å². The molecule has 1 aromatic rings. The van der Waals surface area contributed by atoms with Crippen LogP contribution in [0.25, 0.3) is 0 Å². The molecule has 19 heavy (non-hydrogen) atoms. The molecule has 0 aromatic carbocycles. The minimum absolute atomic E-state index is 0.254. The van der Waals surface area contributed by atoms with Gasteiger partial charge in [0.05, 0.1) is 0 Å². The average molecular weight is 301 g/mol. The summed E-state index contributed by atoms with van der Waals surface area (Å²) in [5, 5.41) is 1.06. The zero-order valence-electron chi connectivity index (χ0n) is 11.9. The highest BCUT2D eigenvalue weighted by Gasteiger charge is 2.26. The topological polar surface area (TPSA) is 25.8 Å². The van der Waals surface area contributed by atoms with E-state index in [0.717, 1.165) is 23.7 Å². The van der Waals surface area contributed by atoms with Crippen LogP contribution in [0, 0.1) is 5.92 Å². The lowest BCUT2D eigenvalue weighted by Crippen LogP contribution is -2.16. The molecule has 1 saturated carbocycles. The molecule has 4 heteroatoms. The molecule has 106 valence electrons.